The zero-order valence-electron chi connectivity index (χ0n) is 11.0. The molecule has 0 radical (unpaired) electrons. The summed E-state index contributed by atoms with van der Waals surface area (Å²) in [7, 11) is 0. The summed E-state index contributed by atoms with van der Waals surface area (Å²) >= 11 is 0. The quantitative estimate of drug-likeness (QED) is 0.855. The summed E-state index contributed by atoms with van der Waals surface area (Å²) < 4.78 is 13.6. The molecular formula is C16H22FN. The monoisotopic (exact) mass is 247 g/mol. The van der Waals surface area contributed by atoms with Crippen LogP contribution in [0.4, 0.5) is 4.39 Å². The molecule has 0 amide bonds. The van der Waals surface area contributed by atoms with Gasteiger partial charge in [0.05, 0.1) is 0 Å². The first-order chi connectivity index (χ1) is 8.72. The highest BCUT2D eigenvalue weighted by atomic mass is 19.1. The number of halogens is 1. The number of benzene rings is 1. The Morgan fingerprint density at radius 2 is 1.83 bits per heavy atom. The van der Waals surface area contributed by atoms with Crippen LogP contribution >= 0.6 is 0 Å². The molecule has 1 aromatic carbocycles. The van der Waals surface area contributed by atoms with Crippen molar-refractivity contribution in [2.45, 2.75) is 57.0 Å². The van der Waals surface area contributed by atoms with Crippen molar-refractivity contribution >= 4 is 0 Å². The van der Waals surface area contributed by atoms with E-state index in [9.17, 15) is 4.39 Å². The van der Waals surface area contributed by atoms with Crippen LogP contribution in [0.3, 0.4) is 0 Å². The average Bonchev–Trinajstić information content (AvgIpc) is 2.70. The number of rotatable bonds is 3. The van der Waals surface area contributed by atoms with Gasteiger partial charge < -0.3 is 5.32 Å². The Kier molecular flexibility index (Phi) is 3.38. The van der Waals surface area contributed by atoms with Gasteiger partial charge in [0, 0.05) is 12.1 Å². The second-order valence-corrected chi connectivity index (χ2v) is 6.17. The van der Waals surface area contributed by atoms with E-state index >= 15 is 0 Å². The van der Waals surface area contributed by atoms with Crippen LogP contribution in [0.25, 0.3) is 0 Å². The van der Waals surface area contributed by atoms with Gasteiger partial charge in [-0.2, -0.15) is 0 Å². The molecule has 2 heteroatoms. The Bertz CT molecular complexity index is 411. The second-order valence-electron chi connectivity index (χ2n) is 6.17. The lowest BCUT2D eigenvalue weighted by molar-refractivity contribution is 0.259. The summed E-state index contributed by atoms with van der Waals surface area (Å²) in [5, 5.41) is 3.74. The minimum absolute atomic E-state index is 0.0320. The van der Waals surface area contributed by atoms with Crippen molar-refractivity contribution in [3.63, 3.8) is 0 Å². The fraction of sp³-hybridized carbons (Fsp3) is 0.625. The van der Waals surface area contributed by atoms with Crippen LogP contribution in [-0.2, 0) is 0 Å². The summed E-state index contributed by atoms with van der Waals surface area (Å²) in [5.41, 5.74) is 0.912. The molecule has 2 aliphatic carbocycles. The highest BCUT2D eigenvalue weighted by Crippen LogP contribution is 2.39. The average molecular weight is 247 g/mol. The molecule has 2 fully saturated rings. The molecule has 1 aromatic rings. The molecule has 0 heterocycles. The van der Waals surface area contributed by atoms with Gasteiger partial charge in [0.2, 0.25) is 0 Å². The molecule has 98 valence electrons. The lowest BCUT2D eigenvalue weighted by Crippen LogP contribution is -2.44. The van der Waals surface area contributed by atoms with Crippen LogP contribution in [0.2, 0.25) is 0 Å². The van der Waals surface area contributed by atoms with E-state index in [0.29, 0.717) is 18.0 Å². The SMILES string of the molecule is CC1CCC(NC2CC(c3ccccc3F)C2)C1. The van der Waals surface area contributed by atoms with E-state index in [1.807, 2.05) is 12.1 Å². The lowest BCUT2D eigenvalue weighted by Gasteiger charge is -2.38. The Morgan fingerprint density at radius 1 is 1.06 bits per heavy atom. The Hall–Kier alpha value is -0.890. The van der Waals surface area contributed by atoms with Gasteiger partial charge in [-0.1, -0.05) is 25.1 Å². The standard InChI is InChI=1S/C16H22FN/c1-11-6-7-13(8-11)18-14-9-12(10-14)15-4-2-3-5-16(15)17/h2-5,11-14,18H,6-10H2,1H3. The predicted octanol–water partition coefficient (Wildman–Crippen LogP) is 3.85. The number of hydrogen-bond acceptors (Lipinski definition) is 1. The molecule has 0 aromatic heterocycles. The van der Waals surface area contributed by atoms with Crippen LogP contribution in [0, 0.1) is 11.7 Å². The number of nitrogens with one attached hydrogen (secondary N) is 1. The van der Waals surface area contributed by atoms with E-state index in [1.165, 1.54) is 19.3 Å². The normalized spacial score (nSPS) is 35.4. The third-order valence-electron chi connectivity index (χ3n) is 4.65. The smallest absolute Gasteiger partial charge is 0.126 e. The Labute approximate surface area is 109 Å². The van der Waals surface area contributed by atoms with Crippen LogP contribution in [0.5, 0.6) is 0 Å². The molecule has 2 atom stereocenters. The zero-order chi connectivity index (χ0) is 12.5. The maximum absolute atomic E-state index is 13.6. The van der Waals surface area contributed by atoms with Gasteiger partial charge in [-0.15, -0.1) is 0 Å². The molecule has 3 rings (SSSR count). The molecule has 2 unspecified atom stereocenters. The Balaban J connectivity index is 1.50. The summed E-state index contributed by atoms with van der Waals surface area (Å²) in [5.74, 6) is 1.28. The van der Waals surface area contributed by atoms with E-state index in [0.717, 1.165) is 24.3 Å². The maximum Gasteiger partial charge on any atom is 0.126 e. The first kappa shape index (κ1) is 12.2. The first-order valence-corrected chi connectivity index (χ1v) is 7.23. The third-order valence-corrected chi connectivity index (χ3v) is 4.65. The topological polar surface area (TPSA) is 12.0 Å². The van der Waals surface area contributed by atoms with Crippen molar-refractivity contribution in [1.82, 2.24) is 5.32 Å². The second kappa shape index (κ2) is 5.00. The maximum atomic E-state index is 13.6. The number of hydrogen-bond donors (Lipinski definition) is 1. The molecule has 2 aliphatic rings. The predicted molar refractivity (Wildman–Crippen MR) is 72.1 cm³/mol. The molecule has 0 aliphatic heterocycles. The summed E-state index contributed by atoms with van der Waals surface area (Å²) in [6.07, 6.45) is 6.21. The summed E-state index contributed by atoms with van der Waals surface area (Å²) in [6.45, 7) is 2.34. The van der Waals surface area contributed by atoms with Crippen molar-refractivity contribution in [3.8, 4) is 0 Å². The van der Waals surface area contributed by atoms with Crippen LogP contribution in [0.15, 0.2) is 24.3 Å². The highest BCUT2D eigenvalue weighted by molar-refractivity contribution is 5.24. The van der Waals surface area contributed by atoms with Gasteiger partial charge >= 0.3 is 0 Å². The van der Waals surface area contributed by atoms with E-state index < -0.39 is 0 Å². The highest BCUT2D eigenvalue weighted by Gasteiger charge is 2.34. The minimum Gasteiger partial charge on any atom is -0.311 e. The van der Waals surface area contributed by atoms with Crippen molar-refractivity contribution in [3.05, 3.63) is 35.6 Å². The molecule has 2 saturated carbocycles. The van der Waals surface area contributed by atoms with Crippen LogP contribution < -0.4 is 5.32 Å². The fourth-order valence-corrected chi connectivity index (χ4v) is 3.51. The minimum atomic E-state index is -0.0320. The van der Waals surface area contributed by atoms with Crippen LogP contribution in [0.1, 0.15) is 50.5 Å². The fourth-order valence-electron chi connectivity index (χ4n) is 3.51. The van der Waals surface area contributed by atoms with Gasteiger partial charge in [-0.3, -0.25) is 0 Å². The first-order valence-electron chi connectivity index (χ1n) is 7.23. The molecule has 1 N–H and O–H groups in total. The van der Waals surface area contributed by atoms with Gasteiger partial charge in [0.15, 0.2) is 0 Å². The molecule has 0 spiro atoms. The molecule has 18 heavy (non-hydrogen) atoms. The van der Waals surface area contributed by atoms with Crippen molar-refractivity contribution in [2.75, 3.05) is 0 Å². The van der Waals surface area contributed by atoms with Crippen LogP contribution in [-0.4, -0.2) is 12.1 Å². The van der Waals surface area contributed by atoms with Gasteiger partial charge in [0.1, 0.15) is 5.82 Å². The van der Waals surface area contributed by atoms with Gasteiger partial charge in [-0.25, -0.2) is 4.39 Å². The summed E-state index contributed by atoms with van der Waals surface area (Å²) in [6, 6.07) is 8.56. The molecule has 1 nitrogen and oxygen atoms in total. The van der Waals surface area contributed by atoms with E-state index in [2.05, 4.69) is 12.2 Å². The Morgan fingerprint density at radius 3 is 2.50 bits per heavy atom. The summed E-state index contributed by atoms with van der Waals surface area (Å²) in [4.78, 5) is 0. The van der Waals surface area contributed by atoms with Gasteiger partial charge in [-0.05, 0) is 55.6 Å². The molecule has 0 saturated heterocycles. The third kappa shape index (κ3) is 2.44. The van der Waals surface area contributed by atoms with E-state index in [1.54, 1.807) is 12.1 Å². The lowest BCUT2D eigenvalue weighted by atomic mass is 9.75. The molecular weight excluding hydrogens is 225 g/mol. The van der Waals surface area contributed by atoms with E-state index in [4.69, 9.17) is 0 Å². The van der Waals surface area contributed by atoms with Crippen molar-refractivity contribution in [2.24, 2.45) is 5.92 Å². The largest absolute Gasteiger partial charge is 0.311 e. The van der Waals surface area contributed by atoms with Crippen molar-refractivity contribution < 1.29 is 4.39 Å². The van der Waals surface area contributed by atoms with Gasteiger partial charge in [0.25, 0.3) is 0 Å². The van der Waals surface area contributed by atoms with E-state index in [-0.39, 0.29) is 5.82 Å². The molecule has 0 bridgehead atoms. The van der Waals surface area contributed by atoms with Crippen molar-refractivity contribution in [1.29, 1.82) is 0 Å². The zero-order valence-corrected chi connectivity index (χ0v) is 11.0.